The number of hydrogen-bond donors (Lipinski definition) is 0. The summed E-state index contributed by atoms with van der Waals surface area (Å²) in [6.45, 7) is 0. The number of alkyl halides is 1. The molecule has 4 heteroatoms. The van der Waals surface area contributed by atoms with Gasteiger partial charge in [-0.2, -0.15) is 0 Å². The lowest BCUT2D eigenvalue weighted by Crippen LogP contribution is -1.94. The van der Waals surface area contributed by atoms with Gasteiger partial charge < -0.3 is 0 Å². The summed E-state index contributed by atoms with van der Waals surface area (Å²) in [6.07, 6.45) is 0.506. The molecule has 0 nitrogen and oxygen atoms in total. The molecule has 0 aliphatic rings. The van der Waals surface area contributed by atoms with E-state index in [9.17, 15) is 8.78 Å². The molecule has 1 aromatic rings. The Hall–Kier alpha value is -0.150. The van der Waals surface area contributed by atoms with Gasteiger partial charge in [0, 0.05) is 5.33 Å². The van der Waals surface area contributed by atoms with E-state index in [2.05, 4.69) is 15.9 Å². The van der Waals surface area contributed by atoms with Gasteiger partial charge in [-0.15, -0.1) is 0 Å². The average Bonchev–Trinajstić information content (AvgIpc) is 2.07. The third-order valence-electron chi connectivity index (χ3n) is 1.48. The van der Waals surface area contributed by atoms with Crippen molar-refractivity contribution in [1.29, 1.82) is 0 Å². The maximum absolute atomic E-state index is 13.1. The molecule has 0 aromatic heterocycles. The molecule has 1 aromatic carbocycles. The van der Waals surface area contributed by atoms with Crippen LogP contribution in [0.5, 0.6) is 0 Å². The van der Waals surface area contributed by atoms with Gasteiger partial charge in [-0.1, -0.05) is 33.6 Å². The average molecular weight is 255 g/mol. The lowest BCUT2D eigenvalue weighted by atomic mass is 10.1. The molecular formula is C8H6BrClF2. The van der Waals surface area contributed by atoms with Crippen molar-refractivity contribution in [3.63, 3.8) is 0 Å². The van der Waals surface area contributed by atoms with Crippen LogP contribution in [0.4, 0.5) is 8.78 Å². The molecule has 12 heavy (non-hydrogen) atoms. The highest BCUT2D eigenvalue weighted by atomic mass is 79.9. The predicted octanol–water partition coefficient (Wildman–Crippen LogP) is 3.56. The maximum atomic E-state index is 13.1. The number of rotatable bonds is 2. The van der Waals surface area contributed by atoms with Gasteiger partial charge in [0.15, 0.2) is 0 Å². The summed E-state index contributed by atoms with van der Waals surface area (Å²) in [7, 11) is 0. The quantitative estimate of drug-likeness (QED) is 0.560. The van der Waals surface area contributed by atoms with Crippen LogP contribution in [0.25, 0.3) is 0 Å². The molecule has 0 unspecified atom stereocenters. The highest BCUT2D eigenvalue weighted by Crippen LogP contribution is 2.22. The van der Waals surface area contributed by atoms with Crippen LogP contribution in [0.1, 0.15) is 5.56 Å². The molecule has 0 saturated heterocycles. The van der Waals surface area contributed by atoms with Crippen molar-refractivity contribution in [2.45, 2.75) is 6.42 Å². The monoisotopic (exact) mass is 254 g/mol. The fourth-order valence-electron chi connectivity index (χ4n) is 0.861. The molecule has 0 aliphatic carbocycles. The fourth-order valence-corrected chi connectivity index (χ4v) is 1.47. The molecule has 0 saturated carbocycles. The van der Waals surface area contributed by atoms with Gasteiger partial charge in [0.2, 0.25) is 0 Å². The van der Waals surface area contributed by atoms with Crippen LogP contribution < -0.4 is 0 Å². The number of benzene rings is 1. The highest BCUT2D eigenvalue weighted by Gasteiger charge is 2.10. The molecule has 0 fully saturated rings. The molecule has 1 rings (SSSR count). The van der Waals surface area contributed by atoms with Crippen LogP contribution in [0, 0.1) is 11.6 Å². The van der Waals surface area contributed by atoms with Gasteiger partial charge in [-0.25, -0.2) is 8.78 Å². The first-order chi connectivity index (χ1) is 5.66. The normalized spacial score (nSPS) is 10.3. The van der Waals surface area contributed by atoms with E-state index in [0.717, 1.165) is 0 Å². The van der Waals surface area contributed by atoms with Crippen molar-refractivity contribution in [2.24, 2.45) is 0 Å². The first-order valence-corrected chi connectivity index (χ1v) is 4.85. The predicted molar refractivity (Wildman–Crippen MR) is 48.9 cm³/mol. The van der Waals surface area contributed by atoms with Gasteiger partial charge in [-0.3, -0.25) is 0 Å². The molecule has 0 N–H and O–H groups in total. The van der Waals surface area contributed by atoms with Gasteiger partial charge in [0.1, 0.15) is 16.7 Å². The number of halogens is 4. The molecule has 0 aliphatic heterocycles. The minimum absolute atomic E-state index is 0.423. The summed E-state index contributed by atoms with van der Waals surface area (Å²) in [5, 5.41) is 0.208. The topological polar surface area (TPSA) is 0 Å². The Labute approximate surface area is 82.7 Å². The zero-order valence-electron chi connectivity index (χ0n) is 6.08. The van der Waals surface area contributed by atoms with Crippen molar-refractivity contribution >= 4 is 27.5 Å². The van der Waals surface area contributed by atoms with E-state index in [0.29, 0.717) is 17.3 Å². The molecule has 0 atom stereocenters. The molecule has 0 bridgehead atoms. The zero-order valence-corrected chi connectivity index (χ0v) is 8.42. The summed E-state index contributed by atoms with van der Waals surface area (Å²) in [4.78, 5) is 0. The molecule has 66 valence electrons. The summed E-state index contributed by atoms with van der Waals surface area (Å²) >= 11 is 8.51. The second kappa shape index (κ2) is 4.19. The summed E-state index contributed by atoms with van der Waals surface area (Å²) in [5.74, 6) is -1.37. The Morgan fingerprint density at radius 2 is 2.00 bits per heavy atom. The van der Waals surface area contributed by atoms with Crippen LogP contribution in [0.3, 0.4) is 0 Å². The van der Waals surface area contributed by atoms with Crippen LogP contribution in [-0.4, -0.2) is 5.33 Å². The zero-order chi connectivity index (χ0) is 9.14. The van der Waals surface area contributed by atoms with Gasteiger partial charge in [0.25, 0.3) is 0 Å². The smallest absolute Gasteiger partial charge is 0.147 e. The Morgan fingerprint density at radius 1 is 1.33 bits per heavy atom. The largest absolute Gasteiger partial charge is 0.205 e. The molecule has 0 spiro atoms. The fraction of sp³-hybridized carbons (Fsp3) is 0.250. The van der Waals surface area contributed by atoms with E-state index in [-0.39, 0.29) is 0 Å². The standard InChI is InChI=1S/C8H6BrClF2/c9-4-3-5-1-2-6(11)7(10)8(5)12/h1-2H,3-4H2. The minimum Gasteiger partial charge on any atom is -0.205 e. The van der Waals surface area contributed by atoms with E-state index in [1.165, 1.54) is 12.1 Å². The summed E-state index contributed by atoms with van der Waals surface area (Å²) in [6, 6.07) is 2.57. The van der Waals surface area contributed by atoms with Crippen molar-refractivity contribution in [3.8, 4) is 0 Å². The van der Waals surface area contributed by atoms with E-state index in [1.54, 1.807) is 0 Å². The molecule has 0 heterocycles. The number of hydrogen-bond acceptors (Lipinski definition) is 0. The SMILES string of the molecule is Fc1ccc(CCBr)c(F)c1Cl. The van der Waals surface area contributed by atoms with Crippen molar-refractivity contribution in [3.05, 3.63) is 34.4 Å². The number of aryl methyl sites for hydroxylation is 1. The van der Waals surface area contributed by atoms with Crippen LogP contribution >= 0.6 is 27.5 Å². The Bertz CT molecular complexity index is 289. The van der Waals surface area contributed by atoms with E-state index in [4.69, 9.17) is 11.6 Å². The first-order valence-electron chi connectivity index (χ1n) is 3.35. The van der Waals surface area contributed by atoms with Gasteiger partial charge >= 0.3 is 0 Å². The van der Waals surface area contributed by atoms with E-state index in [1.807, 2.05) is 0 Å². The third-order valence-corrected chi connectivity index (χ3v) is 2.22. The molecule has 0 amide bonds. The van der Waals surface area contributed by atoms with Crippen molar-refractivity contribution in [1.82, 2.24) is 0 Å². The molecule has 0 radical (unpaired) electrons. The Kier molecular flexibility index (Phi) is 3.47. The first kappa shape index (κ1) is 9.93. The second-order valence-electron chi connectivity index (χ2n) is 2.27. The second-order valence-corrected chi connectivity index (χ2v) is 3.44. The van der Waals surface area contributed by atoms with Gasteiger partial charge in [0.05, 0.1) is 0 Å². The third kappa shape index (κ3) is 1.96. The van der Waals surface area contributed by atoms with Crippen molar-refractivity contribution in [2.75, 3.05) is 5.33 Å². The molecular weight excluding hydrogens is 249 g/mol. The van der Waals surface area contributed by atoms with Gasteiger partial charge in [-0.05, 0) is 18.1 Å². The lowest BCUT2D eigenvalue weighted by Gasteiger charge is -2.02. The summed E-state index contributed by atoms with van der Waals surface area (Å²) < 4.78 is 25.7. The lowest BCUT2D eigenvalue weighted by molar-refractivity contribution is 0.574. The minimum atomic E-state index is -0.715. The highest BCUT2D eigenvalue weighted by molar-refractivity contribution is 9.09. The van der Waals surface area contributed by atoms with Crippen LogP contribution in [-0.2, 0) is 6.42 Å². The summed E-state index contributed by atoms with van der Waals surface area (Å²) in [5.41, 5.74) is 0.429. The van der Waals surface area contributed by atoms with Crippen LogP contribution in [0.2, 0.25) is 5.02 Å². The van der Waals surface area contributed by atoms with Crippen molar-refractivity contribution < 1.29 is 8.78 Å². The van der Waals surface area contributed by atoms with E-state index >= 15 is 0 Å². The van der Waals surface area contributed by atoms with E-state index < -0.39 is 16.7 Å². The maximum Gasteiger partial charge on any atom is 0.147 e. The van der Waals surface area contributed by atoms with Crippen LogP contribution in [0.15, 0.2) is 12.1 Å². The Balaban J connectivity index is 3.08. The Morgan fingerprint density at radius 3 is 2.58 bits per heavy atom.